The van der Waals surface area contributed by atoms with Crippen LogP contribution in [0, 0.1) is 12.3 Å². The van der Waals surface area contributed by atoms with Gasteiger partial charge in [0.2, 0.25) is 5.91 Å². The Morgan fingerprint density at radius 2 is 1.97 bits per heavy atom. The lowest BCUT2D eigenvalue weighted by molar-refractivity contribution is -0.114. The molecule has 29 heavy (non-hydrogen) atoms. The number of fused-ring (bicyclic) bond motifs is 1. The maximum atomic E-state index is 12.7. The molecule has 0 radical (unpaired) electrons. The molecule has 0 unspecified atom stereocenters. The highest BCUT2D eigenvalue weighted by atomic mass is 16.2. The Kier molecular flexibility index (Phi) is 5.98. The summed E-state index contributed by atoms with van der Waals surface area (Å²) in [7, 11) is 0. The Morgan fingerprint density at radius 1 is 1.24 bits per heavy atom. The van der Waals surface area contributed by atoms with Crippen LogP contribution >= 0.6 is 0 Å². The lowest BCUT2D eigenvalue weighted by atomic mass is 10.1. The summed E-state index contributed by atoms with van der Waals surface area (Å²) >= 11 is 0. The van der Waals surface area contributed by atoms with Gasteiger partial charge in [-0.05, 0) is 24.1 Å². The van der Waals surface area contributed by atoms with E-state index in [0.29, 0.717) is 30.1 Å². The zero-order valence-electron chi connectivity index (χ0n) is 16.5. The van der Waals surface area contributed by atoms with Crippen LogP contribution in [0.2, 0.25) is 0 Å². The van der Waals surface area contributed by atoms with Crippen LogP contribution in [0.1, 0.15) is 38.1 Å². The molecule has 3 rings (SSSR count). The van der Waals surface area contributed by atoms with Crippen LogP contribution in [0.3, 0.4) is 0 Å². The zero-order valence-corrected chi connectivity index (χ0v) is 16.5. The van der Waals surface area contributed by atoms with Gasteiger partial charge >= 0.3 is 5.69 Å². The van der Waals surface area contributed by atoms with Crippen molar-refractivity contribution in [2.24, 2.45) is 0 Å². The van der Waals surface area contributed by atoms with Crippen LogP contribution in [0.4, 0.5) is 5.69 Å². The Labute approximate surface area is 167 Å². The topological polar surface area (TPSA) is 102 Å². The maximum Gasteiger partial charge on any atom is 0.333 e. The monoisotopic (exact) mass is 393 g/mol. The molecule has 2 aromatic heterocycles. The summed E-state index contributed by atoms with van der Waals surface area (Å²) in [5.41, 5.74) is 1.38. The molecule has 8 heteroatoms. The summed E-state index contributed by atoms with van der Waals surface area (Å²) in [5, 5.41) is 2.72. The summed E-state index contributed by atoms with van der Waals surface area (Å²) in [6.45, 7) is 3.86. The van der Waals surface area contributed by atoms with Crippen molar-refractivity contribution in [1.29, 1.82) is 0 Å². The van der Waals surface area contributed by atoms with Crippen LogP contribution < -0.4 is 16.6 Å². The van der Waals surface area contributed by atoms with Gasteiger partial charge < -0.3 is 10.3 Å². The van der Waals surface area contributed by atoms with E-state index in [0.717, 1.165) is 23.0 Å². The lowest BCUT2D eigenvalue weighted by Gasteiger charge is -2.08. The van der Waals surface area contributed by atoms with Gasteiger partial charge in [0.1, 0.15) is 11.3 Å². The summed E-state index contributed by atoms with van der Waals surface area (Å²) < 4.78 is 2.57. The van der Waals surface area contributed by atoms with Crippen LogP contribution in [0.25, 0.3) is 11.2 Å². The highest BCUT2D eigenvalue weighted by molar-refractivity contribution is 5.88. The Morgan fingerprint density at radius 3 is 2.59 bits per heavy atom. The number of carbonyl (C=O) groups excluding carboxylic acids is 1. The fraction of sp³-hybridized carbons (Fsp3) is 0.333. The van der Waals surface area contributed by atoms with Crippen LogP contribution in [0.15, 0.2) is 33.9 Å². The molecular formula is C21H23N5O3. The van der Waals surface area contributed by atoms with E-state index >= 15 is 0 Å². The van der Waals surface area contributed by atoms with Crippen molar-refractivity contribution in [2.75, 3.05) is 5.32 Å². The Balaban J connectivity index is 2.01. The predicted octanol–water partition coefficient (Wildman–Crippen LogP) is 1.87. The summed E-state index contributed by atoms with van der Waals surface area (Å²) in [6.07, 6.45) is 7.47. The number of terminal acetylenes is 1. The number of H-pyrrole nitrogens is 1. The first-order chi connectivity index (χ1) is 13.9. The molecule has 1 amide bonds. The molecule has 0 saturated heterocycles. The number of hydrogen-bond donors (Lipinski definition) is 2. The van der Waals surface area contributed by atoms with Gasteiger partial charge in [-0.3, -0.25) is 14.2 Å². The minimum absolute atomic E-state index is 0.0846. The quantitative estimate of drug-likeness (QED) is 0.598. The molecule has 0 aliphatic carbocycles. The molecule has 0 atom stereocenters. The molecule has 150 valence electrons. The molecule has 0 aliphatic heterocycles. The Hall–Kier alpha value is -3.60. The number of carbonyl (C=O) groups is 1. The molecule has 2 N–H and O–H groups in total. The number of amides is 1. The zero-order chi connectivity index (χ0) is 21.0. The Bertz CT molecular complexity index is 1190. The number of nitrogens with one attached hydrogen (secondary N) is 2. The van der Waals surface area contributed by atoms with Gasteiger partial charge in [-0.25, -0.2) is 14.3 Å². The third kappa shape index (κ3) is 4.29. The van der Waals surface area contributed by atoms with Crippen LogP contribution in [0.5, 0.6) is 0 Å². The average Bonchev–Trinajstić information content (AvgIpc) is 3.10. The van der Waals surface area contributed by atoms with E-state index in [2.05, 4.69) is 21.2 Å². The van der Waals surface area contributed by atoms with E-state index in [1.54, 1.807) is 12.1 Å². The first-order valence-electron chi connectivity index (χ1n) is 9.46. The highest BCUT2D eigenvalue weighted by Crippen LogP contribution is 2.14. The van der Waals surface area contributed by atoms with Crippen molar-refractivity contribution < 1.29 is 4.79 Å². The van der Waals surface area contributed by atoms with Crippen LogP contribution in [-0.4, -0.2) is 25.0 Å². The fourth-order valence-corrected chi connectivity index (χ4v) is 3.15. The first kappa shape index (κ1) is 20.1. The minimum atomic E-state index is -0.463. The average molecular weight is 393 g/mol. The molecule has 3 aromatic rings. The van der Waals surface area contributed by atoms with Gasteiger partial charge in [0.15, 0.2) is 5.65 Å². The van der Waals surface area contributed by atoms with Gasteiger partial charge in [0, 0.05) is 25.6 Å². The third-order valence-electron chi connectivity index (χ3n) is 4.54. The predicted molar refractivity (Wildman–Crippen MR) is 112 cm³/mol. The van der Waals surface area contributed by atoms with E-state index < -0.39 is 11.2 Å². The molecule has 0 fully saturated rings. The van der Waals surface area contributed by atoms with Crippen molar-refractivity contribution in [3.05, 3.63) is 56.5 Å². The van der Waals surface area contributed by atoms with Crippen molar-refractivity contribution in [3.63, 3.8) is 0 Å². The second-order valence-corrected chi connectivity index (χ2v) is 6.82. The summed E-state index contributed by atoms with van der Waals surface area (Å²) in [5.74, 6) is 2.80. The number of anilines is 1. The van der Waals surface area contributed by atoms with E-state index in [1.807, 2.05) is 19.1 Å². The van der Waals surface area contributed by atoms with E-state index in [-0.39, 0.29) is 18.0 Å². The number of benzene rings is 1. The largest absolute Gasteiger partial charge is 0.336 e. The molecule has 0 bridgehead atoms. The lowest BCUT2D eigenvalue weighted by Crippen LogP contribution is -2.40. The first-order valence-corrected chi connectivity index (χ1v) is 9.46. The fourth-order valence-electron chi connectivity index (χ4n) is 3.15. The number of rotatable bonds is 7. The van der Waals surface area contributed by atoms with Gasteiger partial charge in [0.25, 0.3) is 5.56 Å². The van der Waals surface area contributed by atoms with Crippen molar-refractivity contribution in [3.8, 4) is 12.3 Å². The second kappa shape index (κ2) is 8.61. The second-order valence-electron chi connectivity index (χ2n) is 6.82. The number of aromatic amines is 1. The smallest absolute Gasteiger partial charge is 0.333 e. The van der Waals surface area contributed by atoms with Crippen molar-refractivity contribution >= 4 is 22.8 Å². The normalized spacial score (nSPS) is 10.8. The number of nitrogens with zero attached hydrogens (tertiary/aromatic N) is 3. The van der Waals surface area contributed by atoms with E-state index in [4.69, 9.17) is 6.42 Å². The summed E-state index contributed by atoms with van der Waals surface area (Å²) in [6, 6.07) is 7.35. The standard InChI is InChI=1S/C21H23N5O3/c1-4-6-12-25-19-18(20(28)26(11-5-2)21(25)29)23-17(24-19)13-15-7-9-16(10-8-15)22-14(3)27/h2,7-10H,4,6,11-13H2,1,3H3,(H,22,27)(H,23,24). The van der Waals surface area contributed by atoms with E-state index in [9.17, 15) is 14.4 Å². The summed E-state index contributed by atoms with van der Waals surface area (Å²) in [4.78, 5) is 44.2. The highest BCUT2D eigenvalue weighted by Gasteiger charge is 2.17. The van der Waals surface area contributed by atoms with Gasteiger partial charge in [-0.15, -0.1) is 6.42 Å². The van der Waals surface area contributed by atoms with Gasteiger partial charge in [-0.2, -0.15) is 0 Å². The molecule has 0 saturated carbocycles. The number of hydrogen-bond acceptors (Lipinski definition) is 4. The number of unbranched alkanes of at least 4 members (excludes halogenated alkanes) is 1. The van der Waals surface area contributed by atoms with Crippen molar-refractivity contribution in [2.45, 2.75) is 46.2 Å². The molecule has 8 nitrogen and oxygen atoms in total. The van der Waals surface area contributed by atoms with Crippen LogP contribution in [-0.2, 0) is 24.3 Å². The molecule has 0 aliphatic rings. The molecule has 2 heterocycles. The number of imidazole rings is 1. The number of aromatic nitrogens is 4. The van der Waals surface area contributed by atoms with Crippen molar-refractivity contribution in [1.82, 2.24) is 19.1 Å². The SMILES string of the molecule is C#CCn1c(=O)c2[nH]c(Cc3ccc(NC(C)=O)cc3)nc2n(CCCC)c1=O. The van der Waals surface area contributed by atoms with E-state index in [1.165, 1.54) is 11.5 Å². The third-order valence-corrected chi connectivity index (χ3v) is 4.54. The molecule has 1 aromatic carbocycles. The number of aryl methyl sites for hydroxylation is 1. The van der Waals surface area contributed by atoms with Gasteiger partial charge in [0.05, 0.1) is 6.54 Å². The minimum Gasteiger partial charge on any atom is -0.336 e. The molecule has 0 spiro atoms. The maximum absolute atomic E-state index is 12.7. The van der Waals surface area contributed by atoms with Gasteiger partial charge in [-0.1, -0.05) is 31.4 Å². The molecular weight excluding hydrogens is 370 g/mol.